The molecule has 92 valence electrons. The van der Waals surface area contributed by atoms with E-state index in [-0.39, 0.29) is 19.4 Å². The Hall–Kier alpha value is -1.14. The van der Waals surface area contributed by atoms with Crippen LogP contribution in [-0.2, 0) is 9.59 Å². The Morgan fingerprint density at radius 2 is 1.20 bits per heavy atom. The second-order valence-electron chi connectivity index (χ2n) is 2.53. The zero-order valence-electron chi connectivity index (χ0n) is 9.30. The van der Waals surface area contributed by atoms with Crippen molar-refractivity contribution in [2.75, 3.05) is 6.61 Å². The molecule has 0 spiro atoms. The third kappa shape index (κ3) is 64.2. The van der Waals surface area contributed by atoms with Crippen molar-refractivity contribution in [2.45, 2.75) is 39.7 Å². The topological polar surface area (TPSA) is 115 Å². The van der Waals surface area contributed by atoms with Gasteiger partial charge in [-0.25, -0.2) is 0 Å². The Kier molecular flexibility index (Phi) is 19.9. The standard InChI is InChI=1S/C3H8O2.2C3H6O2/c1-3(5)2-4;2*1-2-3(4)5/h3-5H,2H2,1H3;2*2H2,1H3,(H,4,5). The Labute approximate surface area is 89.2 Å². The average molecular weight is 224 g/mol. The molecule has 0 rings (SSSR count). The van der Waals surface area contributed by atoms with Gasteiger partial charge in [0.25, 0.3) is 0 Å². The van der Waals surface area contributed by atoms with Gasteiger partial charge < -0.3 is 20.4 Å². The van der Waals surface area contributed by atoms with Crippen LogP contribution in [0, 0.1) is 0 Å². The van der Waals surface area contributed by atoms with Crippen molar-refractivity contribution in [1.82, 2.24) is 0 Å². The van der Waals surface area contributed by atoms with Crippen molar-refractivity contribution in [3.63, 3.8) is 0 Å². The van der Waals surface area contributed by atoms with Crippen molar-refractivity contribution in [2.24, 2.45) is 0 Å². The van der Waals surface area contributed by atoms with Crippen LogP contribution >= 0.6 is 0 Å². The van der Waals surface area contributed by atoms with Gasteiger partial charge in [-0.3, -0.25) is 9.59 Å². The average Bonchev–Trinajstić information content (AvgIpc) is 2.19. The molecule has 0 aromatic heterocycles. The summed E-state index contributed by atoms with van der Waals surface area (Å²) in [5, 5.41) is 31.4. The van der Waals surface area contributed by atoms with Gasteiger partial charge in [0, 0.05) is 12.8 Å². The zero-order chi connectivity index (χ0) is 12.9. The Balaban J connectivity index is -0.000000144. The van der Waals surface area contributed by atoms with E-state index < -0.39 is 18.0 Å². The molecule has 0 aliphatic carbocycles. The molecule has 0 amide bonds. The molecular weight excluding hydrogens is 204 g/mol. The highest BCUT2D eigenvalue weighted by molar-refractivity contribution is 5.66. The molecule has 0 saturated heterocycles. The van der Waals surface area contributed by atoms with E-state index in [0.717, 1.165) is 0 Å². The minimum absolute atomic E-state index is 0.139. The van der Waals surface area contributed by atoms with Crippen LogP contribution in [0.1, 0.15) is 33.6 Å². The SMILES string of the molecule is CC(O)CO.CCC(=O)O.CCC(=O)O. The lowest BCUT2D eigenvalue weighted by Gasteiger charge is -1.90. The van der Waals surface area contributed by atoms with Gasteiger partial charge in [-0.1, -0.05) is 13.8 Å². The molecule has 6 nitrogen and oxygen atoms in total. The number of aliphatic hydroxyl groups is 2. The predicted octanol–water partition coefficient (Wildman–Crippen LogP) is 0.321. The smallest absolute Gasteiger partial charge is 0.303 e. The van der Waals surface area contributed by atoms with Crippen molar-refractivity contribution >= 4 is 11.9 Å². The molecular formula is C9H20O6. The first-order valence-electron chi connectivity index (χ1n) is 4.54. The van der Waals surface area contributed by atoms with Gasteiger partial charge in [0.1, 0.15) is 0 Å². The van der Waals surface area contributed by atoms with E-state index >= 15 is 0 Å². The number of hydrogen-bond acceptors (Lipinski definition) is 4. The maximum Gasteiger partial charge on any atom is 0.303 e. The van der Waals surface area contributed by atoms with Crippen LogP contribution < -0.4 is 0 Å². The first-order chi connectivity index (χ1) is 6.81. The van der Waals surface area contributed by atoms with Gasteiger partial charge in [-0.2, -0.15) is 0 Å². The van der Waals surface area contributed by atoms with E-state index in [1.54, 1.807) is 13.8 Å². The van der Waals surface area contributed by atoms with Crippen LogP contribution in [-0.4, -0.2) is 45.1 Å². The summed E-state index contributed by atoms with van der Waals surface area (Å²) < 4.78 is 0. The lowest BCUT2D eigenvalue weighted by Crippen LogP contribution is -2.03. The van der Waals surface area contributed by atoms with Crippen LogP contribution in [0.2, 0.25) is 0 Å². The number of aliphatic hydroxyl groups excluding tert-OH is 2. The quantitative estimate of drug-likeness (QED) is 0.549. The second kappa shape index (κ2) is 15.3. The molecule has 0 heterocycles. The lowest BCUT2D eigenvalue weighted by atomic mass is 10.5. The lowest BCUT2D eigenvalue weighted by molar-refractivity contribution is -0.137. The normalized spacial score (nSPS) is 9.93. The van der Waals surface area contributed by atoms with Gasteiger partial charge >= 0.3 is 11.9 Å². The third-order valence-electron chi connectivity index (χ3n) is 0.869. The van der Waals surface area contributed by atoms with Gasteiger partial charge in [0.15, 0.2) is 0 Å². The summed E-state index contributed by atoms with van der Waals surface area (Å²) in [4.78, 5) is 18.7. The number of carbonyl (C=O) groups is 2. The minimum Gasteiger partial charge on any atom is -0.481 e. The fourth-order valence-corrected chi connectivity index (χ4v) is 0. The summed E-state index contributed by atoms with van der Waals surface area (Å²) in [7, 11) is 0. The van der Waals surface area contributed by atoms with E-state index in [0.29, 0.717) is 0 Å². The minimum atomic E-state index is -0.745. The van der Waals surface area contributed by atoms with Gasteiger partial charge in [-0.15, -0.1) is 0 Å². The fraction of sp³-hybridized carbons (Fsp3) is 0.778. The van der Waals surface area contributed by atoms with Crippen LogP contribution in [0.25, 0.3) is 0 Å². The van der Waals surface area contributed by atoms with Crippen molar-refractivity contribution in [3.8, 4) is 0 Å². The van der Waals surface area contributed by atoms with Gasteiger partial charge in [-0.05, 0) is 6.92 Å². The largest absolute Gasteiger partial charge is 0.481 e. The van der Waals surface area contributed by atoms with Crippen LogP contribution in [0.4, 0.5) is 0 Å². The summed E-state index contributed by atoms with van der Waals surface area (Å²) in [6.45, 7) is 4.59. The molecule has 4 N–H and O–H groups in total. The first kappa shape index (κ1) is 19.4. The Morgan fingerprint density at radius 3 is 1.20 bits per heavy atom. The summed E-state index contributed by atoms with van der Waals surface area (Å²) in [6.07, 6.45) is -0.116. The number of aliphatic carboxylic acids is 2. The summed E-state index contributed by atoms with van der Waals surface area (Å²) >= 11 is 0. The van der Waals surface area contributed by atoms with Crippen molar-refractivity contribution in [3.05, 3.63) is 0 Å². The van der Waals surface area contributed by atoms with Gasteiger partial charge in [0.2, 0.25) is 0 Å². The molecule has 15 heavy (non-hydrogen) atoms. The highest BCUT2D eigenvalue weighted by Gasteiger charge is 1.83. The zero-order valence-corrected chi connectivity index (χ0v) is 9.30. The highest BCUT2D eigenvalue weighted by atomic mass is 16.4. The molecule has 1 atom stereocenters. The third-order valence-corrected chi connectivity index (χ3v) is 0.869. The monoisotopic (exact) mass is 224 g/mol. The predicted molar refractivity (Wildman–Crippen MR) is 54.6 cm³/mol. The fourth-order valence-electron chi connectivity index (χ4n) is 0. The van der Waals surface area contributed by atoms with Crippen molar-refractivity contribution in [1.29, 1.82) is 0 Å². The molecule has 0 fully saturated rings. The summed E-state index contributed by atoms with van der Waals surface area (Å²) in [5.74, 6) is -1.49. The molecule has 0 aliphatic heterocycles. The molecule has 6 heteroatoms. The van der Waals surface area contributed by atoms with Gasteiger partial charge in [0.05, 0.1) is 12.7 Å². The second-order valence-corrected chi connectivity index (χ2v) is 2.53. The molecule has 0 aromatic carbocycles. The van der Waals surface area contributed by atoms with Crippen molar-refractivity contribution < 1.29 is 30.0 Å². The number of carboxylic acids is 2. The van der Waals surface area contributed by atoms with Crippen LogP contribution in [0.15, 0.2) is 0 Å². The van der Waals surface area contributed by atoms with Crippen LogP contribution in [0.5, 0.6) is 0 Å². The molecule has 0 aromatic rings. The van der Waals surface area contributed by atoms with E-state index in [2.05, 4.69) is 0 Å². The number of rotatable bonds is 3. The summed E-state index contributed by atoms with van der Waals surface area (Å²) in [5.41, 5.74) is 0. The first-order valence-corrected chi connectivity index (χ1v) is 4.54. The van der Waals surface area contributed by atoms with E-state index in [9.17, 15) is 9.59 Å². The Bertz CT molecular complexity index is 141. The summed E-state index contributed by atoms with van der Waals surface area (Å²) in [6, 6.07) is 0. The van der Waals surface area contributed by atoms with Crippen LogP contribution in [0.3, 0.4) is 0 Å². The molecule has 0 saturated carbocycles. The Morgan fingerprint density at radius 1 is 1.07 bits per heavy atom. The highest BCUT2D eigenvalue weighted by Crippen LogP contribution is 1.68. The number of hydrogen-bond donors (Lipinski definition) is 4. The maximum atomic E-state index is 9.37. The number of carboxylic acid groups (broad SMARTS) is 2. The van der Waals surface area contributed by atoms with E-state index in [1.807, 2.05) is 0 Å². The molecule has 0 radical (unpaired) electrons. The molecule has 0 bridgehead atoms. The maximum absolute atomic E-state index is 9.37. The molecule has 1 unspecified atom stereocenters. The van der Waals surface area contributed by atoms with E-state index in [4.69, 9.17) is 20.4 Å². The molecule has 0 aliphatic rings. The van der Waals surface area contributed by atoms with E-state index in [1.165, 1.54) is 6.92 Å².